The summed E-state index contributed by atoms with van der Waals surface area (Å²) in [5, 5.41) is 5.67. The Morgan fingerprint density at radius 1 is 1.17 bits per heavy atom. The highest BCUT2D eigenvalue weighted by atomic mass is 19.4. The summed E-state index contributed by atoms with van der Waals surface area (Å²) in [6.45, 7) is 4.65. The molecule has 2 N–H and O–H groups in total. The fourth-order valence-corrected chi connectivity index (χ4v) is 2.17. The molecular weight excluding hydrogens is 317 g/mol. The molecule has 0 heterocycles. The molecule has 1 aromatic carbocycles. The third-order valence-electron chi connectivity index (χ3n) is 3.31. The quantitative estimate of drug-likeness (QED) is 0.411. The molecule has 0 radical (unpaired) electrons. The predicted molar refractivity (Wildman–Crippen MR) is 92.0 cm³/mol. The highest BCUT2D eigenvalue weighted by molar-refractivity contribution is 5.79. The van der Waals surface area contributed by atoms with Crippen LogP contribution in [0.1, 0.15) is 25.3 Å². The zero-order valence-corrected chi connectivity index (χ0v) is 14.4. The molecule has 0 saturated carbocycles. The Labute approximate surface area is 142 Å². The molecule has 0 aliphatic heterocycles. The molecule has 0 atom stereocenters. The lowest BCUT2D eigenvalue weighted by molar-refractivity contribution is -0.132. The molecule has 0 aromatic heterocycles. The minimum atomic E-state index is -4.15. The number of nitrogens with one attached hydrogen (secondary N) is 2. The minimum Gasteiger partial charge on any atom is -0.357 e. The molecule has 0 bridgehead atoms. The fraction of sp³-hybridized carbons (Fsp3) is 0.588. The second-order valence-corrected chi connectivity index (χ2v) is 5.63. The topological polar surface area (TPSA) is 39.7 Å². The van der Waals surface area contributed by atoms with Crippen molar-refractivity contribution < 1.29 is 13.2 Å². The number of benzene rings is 1. The number of hydrogen-bond donors (Lipinski definition) is 2. The zero-order valence-electron chi connectivity index (χ0n) is 14.4. The SMILES string of the molecule is CCNC(=NCCCN(C)Cc1ccccc1)NCCC(F)(F)F. The van der Waals surface area contributed by atoms with E-state index in [1.54, 1.807) is 0 Å². The second-order valence-electron chi connectivity index (χ2n) is 5.63. The number of halogens is 3. The maximum Gasteiger partial charge on any atom is 0.390 e. The van der Waals surface area contributed by atoms with Gasteiger partial charge in [0.15, 0.2) is 5.96 Å². The van der Waals surface area contributed by atoms with E-state index in [9.17, 15) is 13.2 Å². The normalized spacial score (nSPS) is 12.5. The van der Waals surface area contributed by atoms with Crippen molar-refractivity contribution in [2.45, 2.75) is 32.5 Å². The number of guanidine groups is 1. The van der Waals surface area contributed by atoms with Crippen LogP contribution in [0.2, 0.25) is 0 Å². The molecule has 0 spiro atoms. The van der Waals surface area contributed by atoms with Crippen molar-refractivity contribution in [3.8, 4) is 0 Å². The van der Waals surface area contributed by atoms with Crippen molar-refractivity contribution >= 4 is 5.96 Å². The van der Waals surface area contributed by atoms with E-state index in [4.69, 9.17) is 0 Å². The smallest absolute Gasteiger partial charge is 0.357 e. The van der Waals surface area contributed by atoms with Crippen LogP contribution in [-0.2, 0) is 6.54 Å². The van der Waals surface area contributed by atoms with Gasteiger partial charge in [-0.1, -0.05) is 30.3 Å². The molecule has 0 amide bonds. The molecule has 7 heteroatoms. The average Bonchev–Trinajstić information content (AvgIpc) is 2.51. The van der Waals surface area contributed by atoms with Crippen molar-refractivity contribution in [2.24, 2.45) is 4.99 Å². The van der Waals surface area contributed by atoms with Crippen LogP contribution in [0.15, 0.2) is 35.3 Å². The van der Waals surface area contributed by atoms with Crippen LogP contribution in [0.4, 0.5) is 13.2 Å². The van der Waals surface area contributed by atoms with Gasteiger partial charge in [-0.25, -0.2) is 0 Å². The summed E-state index contributed by atoms with van der Waals surface area (Å²) >= 11 is 0. The number of rotatable bonds is 9. The van der Waals surface area contributed by atoms with E-state index in [2.05, 4.69) is 32.7 Å². The Kier molecular flexibility index (Phi) is 9.22. The molecule has 136 valence electrons. The van der Waals surface area contributed by atoms with E-state index in [1.165, 1.54) is 5.56 Å². The van der Waals surface area contributed by atoms with Crippen molar-refractivity contribution in [1.29, 1.82) is 0 Å². The minimum absolute atomic E-state index is 0.163. The molecule has 0 aliphatic rings. The Morgan fingerprint density at radius 3 is 2.50 bits per heavy atom. The summed E-state index contributed by atoms with van der Waals surface area (Å²) in [6.07, 6.45) is -4.17. The Balaban J connectivity index is 2.28. The standard InChI is InChI=1S/C17H27F3N4/c1-3-21-16(23-12-10-17(18,19)20)22-11-7-13-24(2)14-15-8-5-4-6-9-15/h4-6,8-9H,3,7,10-14H2,1-2H3,(H2,21,22,23). The third-order valence-corrected chi connectivity index (χ3v) is 3.31. The maximum atomic E-state index is 12.2. The number of nitrogens with zero attached hydrogens (tertiary/aromatic N) is 2. The van der Waals surface area contributed by atoms with Crippen LogP contribution in [0.5, 0.6) is 0 Å². The predicted octanol–water partition coefficient (Wildman–Crippen LogP) is 3.02. The summed E-state index contributed by atoms with van der Waals surface area (Å²) in [7, 11) is 2.05. The van der Waals surface area contributed by atoms with E-state index in [0.29, 0.717) is 19.0 Å². The van der Waals surface area contributed by atoms with Crippen LogP contribution in [0.3, 0.4) is 0 Å². The highest BCUT2D eigenvalue weighted by Gasteiger charge is 2.26. The van der Waals surface area contributed by atoms with E-state index in [1.807, 2.05) is 32.2 Å². The molecule has 4 nitrogen and oxygen atoms in total. The van der Waals surface area contributed by atoms with Gasteiger partial charge in [0.25, 0.3) is 0 Å². The first-order valence-corrected chi connectivity index (χ1v) is 8.22. The second kappa shape index (κ2) is 10.9. The van der Waals surface area contributed by atoms with Crippen LogP contribution in [-0.4, -0.2) is 50.3 Å². The first kappa shape index (κ1) is 20.3. The third kappa shape index (κ3) is 10.1. The van der Waals surface area contributed by atoms with Crippen LogP contribution >= 0.6 is 0 Å². The van der Waals surface area contributed by atoms with Gasteiger partial charge in [0.1, 0.15) is 0 Å². The lowest BCUT2D eigenvalue weighted by Crippen LogP contribution is -2.39. The Hall–Kier alpha value is -1.76. The van der Waals surface area contributed by atoms with Crippen molar-refractivity contribution in [1.82, 2.24) is 15.5 Å². The molecule has 0 unspecified atom stereocenters. The van der Waals surface area contributed by atoms with Crippen molar-refractivity contribution in [3.05, 3.63) is 35.9 Å². The lowest BCUT2D eigenvalue weighted by atomic mass is 10.2. The van der Waals surface area contributed by atoms with Gasteiger partial charge in [-0.2, -0.15) is 13.2 Å². The summed E-state index contributed by atoms with van der Waals surface area (Å²) in [5.41, 5.74) is 1.26. The van der Waals surface area contributed by atoms with E-state index in [0.717, 1.165) is 19.5 Å². The lowest BCUT2D eigenvalue weighted by Gasteiger charge is -2.16. The zero-order chi connectivity index (χ0) is 17.8. The van der Waals surface area contributed by atoms with Crippen LogP contribution in [0.25, 0.3) is 0 Å². The van der Waals surface area contributed by atoms with E-state index < -0.39 is 12.6 Å². The van der Waals surface area contributed by atoms with E-state index in [-0.39, 0.29) is 6.54 Å². The average molecular weight is 344 g/mol. The van der Waals surface area contributed by atoms with Crippen molar-refractivity contribution in [3.63, 3.8) is 0 Å². The number of alkyl halides is 3. The van der Waals surface area contributed by atoms with Gasteiger partial charge in [0.2, 0.25) is 0 Å². The number of hydrogen-bond acceptors (Lipinski definition) is 2. The maximum absolute atomic E-state index is 12.2. The monoisotopic (exact) mass is 344 g/mol. The molecule has 1 rings (SSSR count). The summed E-state index contributed by atoms with van der Waals surface area (Å²) in [6, 6.07) is 10.2. The first-order chi connectivity index (χ1) is 11.4. The fourth-order valence-electron chi connectivity index (χ4n) is 2.17. The molecule has 0 saturated heterocycles. The molecule has 0 fully saturated rings. The van der Waals surface area contributed by atoms with Gasteiger partial charge in [-0.3, -0.25) is 4.99 Å². The first-order valence-electron chi connectivity index (χ1n) is 8.22. The van der Waals surface area contributed by atoms with Gasteiger partial charge < -0.3 is 15.5 Å². The summed E-state index contributed by atoms with van der Waals surface area (Å²) in [5.74, 6) is 0.437. The largest absolute Gasteiger partial charge is 0.390 e. The van der Waals surface area contributed by atoms with Crippen molar-refractivity contribution in [2.75, 3.05) is 33.2 Å². The van der Waals surface area contributed by atoms with Gasteiger partial charge in [0, 0.05) is 26.2 Å². The van der Waals surface area contributed by atoms with Crippen LogP contribution < -0.4 is 10.6 Å². The molecule has 1 aromatic rings. The molecular formula is C17H27F3N4. The van der Waals surface area contributed by atoms with E-state index >= 15 is 0 Å². The van der Waals surface area contributed by atoms with Gasteiger partial charge >= 0.3 is 6.18 Å². The Morgan fingerprint density at radius 2 is 1.88 bits per heavy atom. The highest BCUT2D eigenvalue weighted by Crippen LogP contribution is 2.18. The van der Waals surface area contributed by atoms with Gasteiger partial charge in [-0.05, 0) is 32.5 Å². The summed E-state index contributed by atoms with van der Waals surface area (Å²) in [4.78, 5) is 6.52. The number of aliphatic imine (C=N–C) groups is 1. The van der Waals surface area contributed by atoms with Gasteiger partial charge in [-0.15, -0.1) is 0 Å². The molecule has 24 heavy (non-hydrogen) atoms. The van der Waals surface area contributed by atoms with Gasteiger partial charge in [0.05, 0.1) is 6.42 Å². The Bertz CT molecular complexity index is 474. The molecule has 0 aliphatic carbocycles. The summed E-state index contributed by atoms with van der Waals surface area (Å²) < 4.78 is 36.5. The van der Waals surface area contributed by atoms with Crippen LogP contribution in [0, 0.1) is 0 Å².